The monoisotopic (exact) mass is 326 g/mol. The summed E-state index contributed by atoms with van der Waals surface area (Å²) in [5.41, 5.74) is 0. The van der Waals surface area contributed by atoms with Gasteiger partial charge in [-0.25, -0.2) is 4.79 Å². The van der Waals surface area contributed by atoms with Gasteiger partial charge in [-0.15, -0.1) is 6.58 Å². The highest BCUT2D eigenvalue weighted by Crippen LogP contribution is 2.24. The summed E-state index contributed by atoms with van der Waals surface area (Å²) in [5.74, 6) is 1.20. The maximum Gasteiger partial charge on any atom is 0.321 e. The van der Waals surface area contributed by atoms with Crippen molar-refractivity contribution in [2.75, 3.05) is 13.2 Å². The molecule has 2 aromatic carbocycles. The molecule has 0 aromatic heterocycles. The van der Waals surface area contributed by atoms with Crippen molar-refractivity contribution in [3.8, 4) is 17.2 Å². The van der Waals surface area contributed by atoms with Crippen LogP contribution in [-0.2, 0) is 4.79 Å². The fourth-order valence-corrected chi connectivity index (χ4v) is 1.77. The summed E-state index contributed by atoms with van der Waals surface area (Å²) in [4.78, 5) is 22.9. The van der Waals surface area contributed by atoms with E-state index in [-0.39, 0.29) is 13.2 Å². The summed E-state index contributed by atoms with van der Waals surface area (Å²) in [6.07, 6.45) is 1.51. The number of carbonyl (C=O) groups is 2. The van der Waals surface area contributed by atoms with Gasteiger partial charge in [0.15, 0.2) is 6.61 Å². The Morgan fingerprint density at radius 2 is 1.71 bits per heavy atom. The van der Waals surface area contributed by atoms with Gasteiger partial charge in [0, 0.05) is 12.6 Å². The Morgan fingerprint density at radius 3 is 2.46 bits per heavy atom. The molecule has 0 saturated heterocycles. The zero-order valence-corrected chi connectivity index (χ0v) is 13.0. The van der Waals surface area contributed by atoms with Crippen LogP contribution in [0.25, 0.3) is 0 Å². The van der Waals surface area contributed by atoms with Gasteiger partial charge in [0.2, 0.25) is 0 Å². The molecule has 0 saturated carbocycles. The molecule has 0 heterocycles. The second-order valence-electron chi connectivity index (χ2n) is 4.73. The maximum atomic E-state index is 11.6. The summed E-state index contributed by atoms with van der Waals surface area (Å²) in [5, 5.41) is 4.58. The zero-order chi connectivity index (χ0) is 17.2. The fourth-order valence-electron chi connectivity index (χ4n) is 1.77. The van der Waals surface area contributed by atoms with Gasteiger partial charge >= 0.3 is 6.03 Å². The van der Waals surface area contributed by atoms with Crippen molar-refractivity contribution < 1.29 is 19.1 Å². The lowest BCUT2D eigenvalue weighted by atomic mass is 10.3. The largest absolute Gasteiger partial charge is 0.484 e. The predicted molar refractivity (Wildman–Crippen MR) is 90.2 cm³/mol. The Kier molecular flexibility index (Phi) is 6.40. The van der Waals surface area contributed by atoms with Gasteiger partial charge in [0.25, 0.3) is 5.91 Å². The molecule has 0 bridgehead atoms. The number of amides is 3. The second kappa shape index (κ2) is 8.99. The van der Waals surface area contributed by atoms with Gasteiger partial charge in [0.1, 0.15) is 17.2 Å². The molecule has 3 amide bonds. The van der Waals surface area contributed by atoms with Crippen molar-refractivity contribution in [2.24, 2.45) is 0 Å². The number of benzene rings is 2. The normalized spacial score (nSPS) is 9.67. The lowest BCUT2D eigenvalue weighted by molar-refractivity contribution is -0.122. The summed E-state index contributed by atoms with van der Waals surface area (Å²) in [6.45, 7) is 3.46. The van der Waals surface area contributed by atoms with E-state index >= 15 is 0 Å². The van der Waals surface area contributed by atoms with Crippen LogP contribution < -0.4 is 20.1 Å². The first kappa shape index (κ1) is 17.1. The van der Waals surface area contributed by atoms with Gasteiger partial charge in [-0.1, -0.05) is 30.3 Å². The molecule has 2 aromatic rings. The quantitative estimate of drug-likeness (QED) is 0.767. The van der Waals surface area contributed by atoms with E-state index in [0.717, 1.165) is 0 Å². The molecule has 2 N–H and O–H groups in total. The highest BCUT2D eigenvalue weighted by atomic mass is 16.5. The molecule has 24 heavy (non-hydrogen) atoms. The van der Waals surface area contributed by atoms with E-state index in [1.807, 2.05) is 30.3 Å². The van der Waals surface area contributed by atoms with E-state index in [1.54, 1.807) is 24.3 Å². The lowest BCUT2D eigenvalue weighted by Gasteiger charge is -2.09. The first-order valence-corrected chi connectivity index (χ1v) is 7.31. The number of ether oxygens (including phenoxy) is 2. The second-order valence-corrected chi connectivity index (χ2v) is 4.73. The number of hydrogen-bond acceptors (Lipinski definition) is 4. The summed E-state index contributed by atoms with van der Waals surface area (Å²) in [6, 6.07) is 15.6. The highest BCUT2D eigenvalue weighted by molar-refractivity contribution is 5.95. The molecule has 0 unspecified atom stereocenters. The van der Waals surface area contributed by atoms with E-state index in [0.29, 0.717) is 17.2 Å². The van der Waals surface area contributed by atoms with Crippen molar-refractivity contribution in [2.45, 2.75) is 0 Å². The van der Waals surface area contributed by atoms with E-state index in [2.05, 4.69) is 17.2 Å². The maximum absolute atomic E-state index is 11.6. The van der Waals surface area contributed by atoms with Crippen molar-refractivity contribution >= 4 is 11.9 Å². The average molecular weight is 326 g/mol. The highest BCUT2D eigenvalue weighted by Gasteiger charge is 2.08. The number of hydrogen-bond donors (Lipinski definition) is 2. The minimum absolute atomic E-state index is 0.277. The van der Waals surface area contributed by atoms with Gasteiger partial charge in [-0.3, -0.25) is 10.1 Å². The molecule has 124 valence electrons. The third-order valence-electron chi connectivity index (χ3n) is 2.81. The Balaban J connectivity index is 1.84. The number of imide groups is 1. The number of para-hydroxylation sites is 1. The van der Waals surface area contributed by atoms with E-state index in [4.69, 9.17) is 9.47 Å². The molecule has 6 heteroatoms. The lowest BCUT2D eigenvalue weighted by Crippen LogP contribution is -2.41. The van der Waals surface area contributed by atoms with Crippen molar-refractivity contribution in [1.82, 2.24) is 10.6 Å². The van der Waals surface area contributed by atoms with E-state index in [9.17, 15) is 9.59 Å². The Hall–Kier alpha value is -3.28. The molecular formula is C18H18N2O4. The minimum atomic E-state index is -0.593. The molecule has 2 rings (SSSR count). The zero-order valence-electron chi connectivity index (χ0n) is 13.0. The molecule has 0 spiro atoms. The molecule has 0 aliphatic heterocycles. The van der Waals surface area contributed by atoms with Crippen LogP contribution in [0, 0.1) is 0 Å². The third kappa shape index (κ3) is 5.84. The van der Waals surface area contributed by atoms with Crippen LogP contribution >= 0.6 is 0 Å². The molecule has 6 nitrogen and oxygen atoms in total. The fraction of sp³-hybridized carbons (Fsp3) is 0.111. The molecule has 0 aliphatic carbocycles. The van der Waals surface area contributed by atoms with Crippen LogP contribution in [0.3, 0.4) is 0 Å². The van der Waals surface area contributed by atoms with Crippen molar-refractivity contribution in [1.29, 1.82) is 0 Å². The standard InChI is InChI=1S/C18H18N2O4/c1-2-11-19-18(22)20-17(21)13-23-15-9-6-10-16(12-15)24-14-7-4-3-5-8-14/h2-10,12H,1,11,13H2,(H2,19,20,21,22). The summed E-state index contributed by atoms with van der Waals surface area (Å²) < 4.78 is 11.0. The van der Waals surface area contributed by atoms with Gasteiger partial charge in [-0.05, 0) is 24.3 Å². The Morgan fingerprint density at radius 1 is 1.00 bits per heavy atom. The molecule has 0 fully saturated rings. The summed E-state index contributed by atoms with van der Waals surface area (Å²) in [7, 11) is 0. The van der Waals surface area contributed by atoms with E-state index in [1.165, 1.54) is 6.08 Å². The molecular weight excluding hydrogens is 308 g/mol. The topological polar surface area (TPSA) is 76.7 Å². The van der Waals surface area contributed by atoms with Crippen LogP contribution in [0.15, 0.2) is 67.3 Å². The number of urea groups is 1. The van der Waals surface area contributed by atoms with Crippen LogP contribution in [0.2, 0.25) is 0 Å². The Labute approximate surface area is 140 Å². The number of nitrogens with one attached hydrogen (secondary N) is 2. The number of carbonyl (C=O) groups excluding carboxylic acids is 2. The van der Waals surface area contributed by atoms with Crippen LogP contribution in [0.4, 0.5) is 4.79 Å². The number of rotatable bonds is 7. The first-order valence-electron chi connectivity index (χ1n) is 7.31. The Bertz CT molecular complexity index is 701. The van der Waals surface area contributed by atoms with Crippen molar-refractivity contribution in [3.05, 3.63) is 67.3 Å². The first-order chi connectivity index (χ1) is 11.7. The smallest absolute Gasteiger partial charge is 0.321 e. The molecule has 0 atom stereocenters. The predicted octanol–water partition coefficient (Wildman–Crippen LogP) is 2.87. The molecule has 0 radical (unpaired) electrons. The van der Waals surface area contributed by atoms with Crippen molar-refractivity contribution in [3.63, 3.8) is 0 Å². The van der Waals surface area contributed by atoms with E-state index < -0.39 is 11.9 Å². The van der Waals surface area contributed by atoms with Crippen LogP contribution in [0.5, 0.6) is 17.2 Å². The van der Waals surface area contributed by atoms with Gasteiger partial charge in [-0.2, -0.15) is 0 Å². The SMILES string of the molecule is C=CCNC(=O)NC(=O)COc1cccc(Oc2ccccc2)c1. The minimum Gasteiger partial charge on any atom is -0.484 e. The van der Waals surface area contributed by atoms with Gasteiger partial charge < -0.3 is 14.8 Å². The van der Waals surface area contributed by atoms with Gasteiger partial charge in [0.05, 0.1) is 0 Å². The average Bonchev–Trinajstić information content (AvgIpc) is 2.59. The summed E-state index contributed by atoms with van der Waals surface area (Å²) >= 11 is 0. The third-order valence-corrected chi connectivity index (χ3v) is 2.81. The molecule has 0 aliphatic rings. The van der Waals surface area contributed by atoms with Crippen LogP contribution in [0.1, 0.15) is 0 Å². The van der Waals surface area contributed by atoms with Crippen LogP contribution in [-0.4, -0.2) is 25.1 Å².